The standard InChI is InChI=1S/C18H28FN3O2/c1-4-20-17(22-10-9-18(2,3)13-22)21-11-15(23)12-24-16-7-5-14(19)6-8-16/h5-8,15,23H,4,9-13H2,1-3H3,(H,20,21). The molecule has 0 saturated carbocycles. The number of guanidine groups is 1. The van der Waals surface area contributed by atoms with Crippen molar-refractivity contribution in [2.24, 2.45) is 10.4 Å². The van der Waals surface area contributed by atoms with Gasteiger partial charge in [0.1, 0.15) is 24.3 Å². The second kappa shape index (κ2) is 8.33. The van der Waals surface area contributed by atoms with E-state index in [1.165, 1.54) is 12.1 Å². The second-order valence-electron chi connectivity index (χ2n) is 6.95. The fourth-order valence-corrected chi connectivity index (χ4v) is 2.69. The van der Waals surface area contributed by atoms with E-state index in [-0.39, 0.29) is 19.0 Å². The van der Waals surface area contributed by atoms with Crippen LogP contribution >= 0.6 is 0 Å². The highest BCUT2D eigenvalue weighted by Gasteiger charge is 2.30. The van der Waals surface area contributed by atoms with E-state index in [0.29, 0.717) is 11.2 Å². The highest BCUT2D eigenvalue weighted by atomic mass is 19.1. The third-order valence-electron chi connectivity index (χ3n) is 4.02. The Morgan fingerprint density at radius 1 is 1.42 bits per heavy atom. The molecular weight excluding hydrogens is 309 g/mol. The average molecular weight is 337 g/mol. The lowest BCUT2D eigenvalue weighted by atomic mass is 9.93. The van der Waals surface area contributed by atoms with Crippen molar-refractivity contribution in [3.63, 3.8) is 0 Å². The van der Waals surface area contributed by atoms with E-state index in [1.54, 1.807) is 12.1 Å². The first-order valence-corrected chi connectivity index (χ1v) is 8.49. The summed E-state index contributed by atoms with van der Waals surface area (Å²) in [6, 6.07) is 5.75. The van der Waals surface area contributed by atoms with E-state index >= 15 is 0 Å². The third kappa shape index (κ3) is 5.67. The van der Waals surface area contributed by atoms with E-state index < -0.39 is 6.10 Å². The van der Waals surface area contributed by atoms with E-state index in [2.05, 4.69) is 29.1 Å². The van der Waals surface area contributed by atoms with Crippen molar-refractivity contribution < 1.29 is 14.2 Å². The molecule has 2 rings (SSSR count). The number of ether oxygens (including phenoxy) is 1. The maximum absolute atomic E-state index is 12.8. The summed E-state index contributed by atoms with van der Waals surface area (Å²) in [6.45, 7) is 9.65. The molecule has 0 aromatic heterocycles. The van der Waals surface area contributed by atoms with Gasteiger partial charge in [0.05, 0.1) is 6.54 Å². The number of nitrogens with zero attached hydrogens (tertiary/aromatic N) is 2. The van der Waals surface area contributed by atoms with Gasteiger partial charge < -0.3 is 20.1 Å². The zero-order chi connectivity index (χ0) is 17.6. The largest absolute Gasteiger partial charge is 0.491 e. The number of halogens is 1. The van der Waals surface area contributed by atoms with Gasteiger partial charge in [0, 0.05) is 19.6 Å². The van der Waals surface area contributed by atoms with Crippen molar-refractivity contribution in [1.82, 2.24) is 10.2 Å². The molecule has 1 aliphatic heterocycles. The van der Waals surface area contributed by atoms with Crippen LogP contribution in [0.25, 0.3) is 0 Å². The smallest absolute Gasteiger partial charge is 0.194 e. The van der Waals surface area contributed by atoms with Crippen LogP contribution in [0.1, 0.15) is 27.2 Å². The van der Waals surface area contributed by atoms with Crippen molar-refractivity contribution in [1.29, 1.82) is 0 Å². The number of aliphatic hydroxyl groups is 1. The summed E-state index contributed by atoms with van der Waals surface area (Å²) >= 11 is 0. The molecule has 5 nitrogen and oxygen atoms in total. The average Bonchev–Trinajstić information content (AvgIpc) is 2.90. The Labute approximate surface area is 143 Å². The zero-order valence-electron chi connectivity index (χ0n) is 14.8. The Hall–Kier alpha value is -1.82. The number of aliphatic imine (C=N–C) groups is 1. The minimum atomic E-state index is -0.709. The molecule has 0 aliphatic carbocycles. The molecule has 1 fully saturated rings. The van der Waals surface area contributed by atoms with Gasteiger partial charge in [-0.1, -0.05) is 13.8 Å². The summed E-state index contributed by atoms with van der Waals surface area (Å²) in [5.41, 5.74) is 0.292. The van der Waals surface area contributed by atoms with Crippen LogP contribution in [-0.4, -0.2) is 54.9 Å². The van der Waals surface area contributed by atoms with Gasteiger partial charge in [-0.2, -0.15) is 0 Å². The van der Waals surface area contributed by atoms with Crippen LogP contribution in [0.15, 0.2) is 29.3 Å². The van der Waals surface area contributed by atoms with E-state index in [1.807, 2.05) is 6.92 Å². The number of hydrogen-bond donors (Lipinski definition) is 2. The van der Waals surface area contributed by atoms with Crippen LogP contribution in [0.5, 0.6) is 5.75 Å². The molecule has 24 heavy (non-hydrogen) atoms. The topological polar surface area (TPSA) is 57.1 Å². The third-order valence-corrected chi connectivity index (χ3v) is 4.02. The van der Waals surface area contributed by atoms with Crippen LogP contribution < -0.4 is 10.1 Å². The molecule has 1 unspecified atom stereocenters. The second-order valence-corrected chi connectivity index (χ2v) is 6.95. The highest BCUT2D eigenvalue weighted by molar-refractivity contribution is 5.80. The molecule has 0 bridgehead atoms. The Morgan fingerprint density at radius 3 is 2.71 bits per heavy atom. The van der Waals surface area contributed by atoms with Gasteiger partial charge in [0.15, 0.2) is 5.96 Å². The lowest BCUT2D eigenvalue weighted by Crippen LogP contribution is -2.41. The van der Waals surface area contributed by atoms with Crippen LogP contribution in [0, 0.1) is 11.2 Å². The van der Waals surface area contributed by atoms with Crippen molar-refractivity contribution in [3.05, 3.63) is 30.1 Å². The summed E-state index contributed by atoms with van der Waals surface area (Å²) in [5.74, 6) is 1.06. The maximum Gasteiger partial charge on any atom is 0.194 e. The van der Waals surface area contributed by atoms with E-state index in [4.69, 9.17) is 4.74 Å². The maximum atomic E-state index is 12.8. The van der Waals surface area contributed by atoms with Gasteiger partial charge in [0.25, 0.3) is 0 Å². The SMILES string of the molecule is CCNC(=NCC(O)COc1ccc(F)cc1)N1CCC(C)(C)C1. The molecule has 0 spiro atoms. The van der Waals surface area contributed by atoms with Gasteiger partial charge in [-0.15, -0.1) is 0 Å². The predicted octanol–water partition coefficient (Wildman–Crippen LogP) is 2.26. The molecule has 1 aromatic rings. The predicted molar refractivity (Wildman–Crippen MR) is 93.9 cm³/mol. The summed E-state index contributed by atoms with van der Waals surface area (Å²) in [5, 5.41) is 13.4. The normalized spacial score (nSPS) is 18.5. The van der Waals surface area contributed by atoms with E-state index in [9.17, 15) is 9.50 Å². The highest BCUT2D eigenvalue weighted by Crippen LogP contribution is 2.28. The minimum Gasteiger partial charge on any atom is -0.491 e. The Balaban J connectivity index is 1.85. The van der Waals surface area contributed by atoms with Crippen LogP contribution in [-0.2, 0) is 0 Å². The number of hydrogen-bond acceptors (Lipinski definition) is 3. The molecule has 134 valence electrons. The first-order valence-electron chi connectivity index (χ1n) is 8.49. The van der Waals surface area contributed by atoms with Gasteiger partial charge >= 0.3 is 0 Å². The van der Waals surface area contributed by atoms with E-state index in [0.717, 1.165) is 32.0 Å². The molecule has 1 aromatic carbocycles. The summed E-state index contributed by atoms with van der Waals surface area (Å²) < 4.78 is 18.3. The number of likely N-dealkylation sites (tertiary alicyclic amines) is 1. The zero-order valence-corrected chi connectivity index (χ0v) is 14.8. The van der Waals surface area contributed by atoms with Gasteiger partial charge in [-0.05, 0) is 43.0 Å². The van der Waals surface area contributed by atoms with Crippen molar-refractivity contribution >= 4 is 5.96 Å². The van der Waals surface area contributed by atoms with Crippen molar-refractivity contribution in [2.75, 3.05) is 32.8 Å². The number of aliphatic hydroxyl groups excluding tert-OH is 1. The van der Waals surface area contributed by atoms with Gasteiger partial charge in [0.2, 0.25) is 0 Å². The van der Waals surface area contributed by atoms with Gasteiger partial charge in [-0.3, -0.25) is 4.99 Å². The molecule has 2 N–H and O–H groups in total. The van der Waals surface area contributed by atoms with Crippen molar-refractivity contribution in [3.8, 4) is 5.75 Å². The summed E-state index contributed by atoms with van der Waals surface area (Å²) in [4.78, 5) is 6.76. The van der Waals surface area contributed by atoms with Crippen LogP contribution in [0.3, 0.4) is 0 Å². The Kier molecular flexibility index (Phi) is 6.43. The molecule has 1 aliphatic rings. The summed E-state index contributed by atoms with van der Waals surface area (Å²) in [6.07, 6.45) is 0.424. The molecule has 6 heteroatoms. The Morgan fingerprint density at radius 2 is 2.12 bits per heavy atom. The summed E-state index contributed by atoms with van der Waals surface area (Å²) in [7, 11) is 0. The number of benzene rings is 1. The number of nitrogens with one attached hydrogen (secondary N) is 1. The number of rotatable bonds is 6. The molecule has 1 atom stereocenters. The molecule has 1 saturated heterocycles. The molecular formula is C18H28FN3O2. The molecule has 1 heterocycles. The Bertz CT molecular complexity index is 546. The first kappa shape index (κ1) is 18.5. The van der Waals surface area contributed by atoms with Gasteiger partial charge in [-0.25, -0.2) is 4.39 Å². The fraction of sp³-hybridized carbons (Fsp3) is 0.611. The monoisotopic (exact) mass is 337 g/mol. The van der Waals surface area contributed by atoms with Crippen LogP contribution in [0.4, 0.5) is 4.39 Å². The quantitative estimate of drug-likeness (QED) is 0.618. The minimum absolute atomic E-state index is 0.125. The van der Waals surface area contributed by atoms with Crippen molar-refractivity contribution in [2.45, 2.75) is 33.3 Å². The first-order chi connectivity index (χ1) is 11.4. The van der Waals surface area contributed by atoms with Crippen LogP contribution in [0.2, 0.25) is 0 Å². The fourth-order valence-electron chi connectivity index (χ4n) is 2.69. The molecule has 0 radical (unpaired) electrons. The lowest BCUT2D eigenvalue weighted by Gasteiger charge is -2.24. The molecule has 0 amide bonds. The lowest BCUT2D eigenvalue weighted by molar-refractivity contribution is 0.114.